The molecule has 3 aromatic rings. The highest BCUT2D eigenvalue weighted by molar-refractivity contribution is 7.90. The second-order valence-corrected chi connectivity index (χ2v) is 8.46. The molecule has 0 saturated heterocycles. The molecule has 0 aliphatic rings. The van der Waals surface area contributed by atoms with Crippen LogP contribution >= 0.6 is 0 Å². The molecule has 26 heavy (non-hydrogen) atoms. The number of hydrogen-bond donors (Lipinski definition) is 1. The lowest BCUT2D eigenvalue weighted by Crippen LogP contribution is -2.27. The number of rotatable bonds is 6. The second kappa shape index (κ2) is 7.39. The van der Waals surface area contributed by atoms with Crippen LogP contribution in [0.15, 0.2) is 59.8 Å². The van der Waals surface area contributed by atoms with Crippen LogP contribution in [0.2, 0.25) is 0 Å². The molecule has 0 amide bonds. The van der Waals surface area contributed by atoms with E-state index in [1.165, 1.54) is 18.1 Å². The average Bonchev–Trinajstić information content (AvgIpc) is 2.61. The van der Waals surface area contributed by atoms with Crippen LogP contribution in [-0.2, 0) is 9.84 Å². The first-order chi connectivity index (χ1) is 12.4. The van der Waals surface area contributed by atoms with Gasteiger partial charge in [0.15, 0.2) is 9.84 Å². The molecule has 136 valence electrons. The summed E-state index contributed by atoms with van der Waals surface area (Å²) in [6, 6.07) is 15.3. The normalized spacial score (nSPS) is 13.1. The van der Waals surface area contributed by atoms with Crippen LogP contribution < -0.4 is 5.32 Å². The zero-order valence-electron chi connectivity index (χ0n) is 15.0. The van der Waals surface area contributed by atoms with E-state index in [0.29, 0.717) is 23.3 Å². The topological polar surface area (TPSA) is 75.2 Å². The van der Waals surface area contributed by atoms with Gasteiger partial charge in [0.1, 0.15) is 12.1 Å². The predicted octanol–water partition coefficient (Wildman–Crippen LogP) is 2.75. The van der Waals surface area contributed by atoms with Crippen molar-refractivity contribution in [3.05, 3.63) is 60.4 Å². The zero-order chi connectivity index (χ0) is 18.7. The van der Waals surface area contributed by atoms with Crippen LogP contribution in [-0.4, -0.2) is 50.2 Å². The Morgan fingerprint density at radius 3 is 2.46 bits per heavy atom. The van der Waals surface area contributed by atoms with E-state index in [1.54, 1.807) is 18.2 Å². The molecule has 1 N–H and O–H groups in total. The van der Waals surface area contributed by atoms with Crippen molar-refractivity contribution in [1.82, 2.24) is 14.9 Å². The fraction of sp³-hybridized carbons (Fsp3) is 0.263. The molecule has 7 heteroatoms. The Morgan fingerprint density at radius 1 is 1.08 bits per heavy atom. The molecule has 3 rings (SSSR count). The molecule has 0 fully saturated rings. The number of benzene rings is 2. The molecule has 6 nitrogen and oxygen atoms in total. The van der Waals surface area contributed by atoms with Crippen LogP contribution in [0.3, 0.4) is 0 Å². The minimum Gasteiger partial charge on any atom is -0.368 e. The smallest absolute Gasteiger partial charge is 0.175 e. The largest absolute Gasteiger partial charge is 0.368 e. The summed E-state index contributed by atoms with van der Waals surface area (Å²) < 4.78 is 23.7. The number of sulfone groups is 1. The molecular formula is C19H22N4O2S. The predicted molar refractivity (Wildman–Crippen MR) is 104 cm³/mol. The molecule has 2 aromatic carbocycles. The monoisotopic (exact) mass is 370 g/mol. The molecule has 1 heterocycles. The van der Waals surface area contributed by atoms with E-state index >= 15 is 0 Å². The molecule has 0 aliphatic heterocycles. The highest BCUT2D eigenvalue weighted by Gasteiger charge is 2.15. The van der Waals surface area contributed by atoms with Gasteiger partial charge in [-0.15, -0.1) is 0 Å². The second-order valence-electron chi connectivity index (χ2n) is 6.44. The first kappa shape index (κ1) is 18.3. The first-order valence-electron chi connectivity index (χ1n) is 8.26. The fourth-order valence-corrected chi connectivity index (χ4v) is 3.52. The maximum atomic E-state index is 11.9. The number of hydrogen-bond acceptors (Lipinski definition) is 6. The maximum Gasteiger partial charge on any atom is 0.175 e. The summed E-state index contributed by atoms with van der Waals surface area (Å²) in [4.78, 5) is 10.9. The van der Waals surface area contributed by atoms with E-state index in [4.69, 9.17) is 0 Å². The van der Waals surface area contributed by atoms with Gasteiger partial charge in [-0.3, -0.25) is 0 Å². The number of fused-ring (bicyclic) bond motifs is 1. The standard InChI is InChI=1S/C19H22N4O2S/c1-23(2)18(14-7-5-4-6-8-14)12-20-19-16-11-15(26(3,24)25)9-10-17(16)21-13-22-19/h4-11,13,18H,12H2,1-3H3,(H,20,21,22). The molecule has 0 spiro atoms. The van der Waals surface area contributed by atoms with Crippen LogP contribution in [0.4, 0.5) is 5.82 Å². The van der Waals surface area contributed by atoms with Crippen LogP contribution in [0.25, 0.3) is 10.9 Å². The summed E-state index contributed by atoms with van der Waals surface area (Å²) in [7, 11) is 0.764. The van der Waals surface area contributed by atoms with Gasteiger partial charge in [0.25, 0.3) is 0 Å². The van der Waals surface area contributed by atoms with Gasteiger partial charge in [-0.2, -0.15) is 0 Å². The molecule has 1 unspecified atom stereocenters. The van der Waals surface area contributed by atoms with E-state index < -0.39 is 9.84 Å². The lowest BCUT2D eigenvalue weighted by Gasteiger charge is -2.25. The summed E-state index contributed by atoms with van der Waals surface area (Å²) in [6.07, 6.45) is 2.68. The van der Waals surface area contributed by atoms with E-state index in [2.05, 4.69) is 32.3 Å². The van der Waals surface area contributed by atoms with Crippen molar-refractivity contribution < 1.29 is 8.42 Å². The summed E-state index contributed by atoms with van der Waals surface area (Å²) in [5.74, 6) is 0.628. The number of likely N-dealkylation sites (N-methyl/N-ethyl adjacent to an activating group) is 1. The highest BCUT2D eigenvalue weighted by atomic mass is 32.2. The van der Waals surface area contributed by atoms with Crippen molar-refractivity contribution in [3.63, 3.8) is 0 Å². The van der Waals surface area contributed by atoms with Crippen molar-refractivity contribution in [2.45, 2.75) is 10.9 Å². The van der Waals surface area contributed by atoms with Gasteiger partial charge in [0.05, 0.1) is 16.5 Å². The molecule has 0 bridgehead atoms. The quantitative estimate of drug-likeness (QED) is 0.719. The van der Waals surface area contributed by atoms with Gasteiger partial charge in [0.2, 0.25) is 0 Å². The van der Waals surface area contributed by atoms with Crippen molar-refractivity contribution in [1.29, 1.82) is 0 Å². The SMILES string of the molecule is CN(C)C(CNc1ncnc2ccc(S(C)(=O)=O)cc12)c1ccccc1. The molecule has 0 aliphatic carbocycles. The van der Waals surface area contributed by atoms with Crippen LogP contribution in [0.1, 0.15) is 11.6 Å². The third-order valence-electron chi connectivity index (χ3n) is 4.31. The maximum absolute atomic E-state index is 11.9. The molecule has 1 atom stereocenters. The highest BCUT2D eigenvalue weighted by Crippen LogP contribution is 2.24. The van der Waals surface area contributed by atoms with Gasteiger partial charge >= 0.3 is 0 Å². The summed E-state index contributed by atoms with van der Waals surface area (Å²) in [6.45, 7) is 0.631. The molecule has 0 saturated carbocycles. The minimum atomic E-state index is -3.29. The first-order valence-corrected chi connectivity index (χ1v) is 10.2. The number of nitrogens with zero attached hydrogens (tertiary/aromatic N) is 3. The van der Waals surface area contributed by atoms with Crippen molar-refractivity contribution in [3.8, 4) is 0 Å². The average molecular weight is 370 g/mol. The molecule has 1 aromatic heterocycles. The Hall–Kier alpha value is -2.51. The lowest BCUT2D eigenvalue weighted by atomic mass is 10.1. The Morgan fingerprint density at radius 2 is 1.81 bits per heavy atom. The van der Waals surface area contributed by atoms with Gasteiger partial charge < -0.3 is 10.2 Å². The minimum absolute atomic E-state index is 0.152. The zero-order valence-corrected chi connectivity index (χ0v) is 15.9. The number of nitrogens with one attached hydrogen (secondary N) is 1. The fourth-order valence-electron chi connectivity index (χ4n) is 2.87. The Kier molecular flexibility index (Phi) is 5.20. The van der Waals surface area contributed by atoms with Crippen LogP contribution in [0, 0.1) is 0 Å². The summed E-state index contributed by atoms with van der Waals surface area (Å²) >= 11 is 0. The van der Waals surface area contributed by atoms with Crippen molar-refractivity contribution >= 4 is 26.6 Å². The van der Waals surface area contributed by atoms with E-state index in [1.807, 2.05) is 32.3 Å². The van der Waals surface area contributed by atoms with Gasteiger partial charge in [0, 0.05) is 18.2 Å². The molecule has 0 radical (unpaired) electrons. The Balaban J connectivity index is 1.93. The Labute approximate surface area is 153 Å². The van der Waals surface area contributed by atoms with E-state index in [0.717, 1.165) is 0 Å². The van der Waals surface area contributed by atoms with Crippen molar-refractivity contribution in [2.75, 3.05) is 32.2 Å². The van der Waals surface area contributed by atoms with E-state index in [-0.39, 0.29) is 10.9 Å². The summed E-state index contributed by atoms with van der Waals surface area (Å²) in [5.41, 5.74) is 1.90. The van der Waals surface area contributed by atoms with Crippen LogP contribution in [0.5, 0.6) is 0 Å². The molecular weight excluding hydrogens is 348 g/mol. The number of aromatic nitrogens is 2. The Bertz CT molecular complexity index is 1000. The van der Waals surface area contributed by atoms with Gasteiger partial charge in [-0.25, -0.2) is 18.4 Å². The van der Waals surface area contributed by atoms with Crippen molar-refractivity contribution in [2.24, 2.45) is 0 Å². The third-order valence-corrected chi connectivity index (χ3v) is 5.42. The third kappa shape index (κ3) is 4.00. The summed E-state index contributed by atoms with van der Waals surface area (Å²) in [5, 5.41) is 4.05. The lowest BCUT2D eigenvalue weighted by molar-refractivity contribution is 0.311. The van der Waals surface area contributed by atoms with Gasteiger partial charge in [-0.1, -0.05) is 30.3 Å². The van der Waals surface area contributed by atoms with E-state index in [9.17, 15) is 8.42 Å². The van der Waals surface area contributed by atoms with Gasteiger partial charge in [-0.05, 0) is 37.9 Å². The number of anilines is 1.